The van der Waals surface area contributed by atoms with E-state index in [1.165, 1.54) is 0 Å². The second kappa shape index (κ2) is 8.59. The summed E-state index contributed by atoms with van der Waals surface area (Å²) in [5, 5.41) is 8.39. The predicted molar refractivity (Wildman–Crippen MR) is 101 cm³/mol. The number of carbonyl (C=O) groups excluding carboxylic acids is 1. The number of nitrogens with two attached hydrogens (primary N) is 1. The average molecular weight is 397 g/mol. The number of benzene rings is 1. The lowest BCUT2D eigenvalue weighted by Crippen LogP contribution is -2.48. The minimum absolute atomic E-state index is 0. The number of piperazine rings is 1. The summed E-state index contributed by atoms with van der Waals surface area (Å²) in [6.45, 7) is 1.92. The summed E-state index contributed by atoms with van der Waals surface area (Å²) >= 11 is 0. The Balaban J connectivity index is 0.00000243. The van der Waals surface area contributed by atoms with Crippen molar-refractivity contribution in [3.8, 4) is 0 Å². The maximum absolute atomic E-state index is 13.0. The molecular weight excluding hydrogens is 376 g/mol. The van der Waals surface area contributed by atoms with Gasteiger partial charge in [0, 0.05) is 37.6 Å². The number of sulfonamides is 1. The largest absolute Gasteiger partial charge is 0.329 e. The van der Waals surface area contributed by atoms with Gasteiger partial charge in [0.1, 0.15) is 0 Å². The van der Waals surface area contributed by atoms with Crippen molar-refractivity contribution in [1.82, 2.24) is 15.2 Å². The molecule has 3 N–H and O–H groups in total. The molecule has 1 aromatic carbocycles. The number of amides is 1. The molecule has 0 radical (unpaired) electrons. The highest BCUT2D eigenvalue weighted by Gasteiger charge is 2.28. The molecule has 9 heteroatoms. The Morgan fingerprint density at radius 3 is 2.81 bits per heavy atom. The Morgan fingerprint density at radius 1 is 1.31 bits per heavy atom. The normalized spacial score (nSPS) is 17.4. The minimum atomic E-state index is -3.64. The third-order valence-corrected chi connectivity index (χ3v) is 4.85. The Hall–Kier alpha value is -2.00. The Kier molecular flexibility index (Phi) is 6.71. The van der Waals surface area contributed by atoms with E-state index in [9.17, 15) is 13.2 Å². The fourth-order valence-electron chi connectivity index (χ4n) is 3.01. The molecule has 1 aromatic heterocycles. The molecule has 0 saturated carbocycles. The lowest BCUT2D eigenvalue weighted by atomic mass is 10.0. The first kappa shape index (κ1) is 20.3. The number of aromatic nitrogens is 1. The van der Waals surface area contributed by atoms with Gasteiger partial charge in [0.15, 0.2) is 0 Å². The molecule has 1 fully saturated rings. The van der Waals surface area contributed by atoms with Crippen LogP contribution in [0, 0.1) is 0 Å². The summed E-state index contributed by atoms with van der Waals surface area (Å²) in [7, 11) is -3.64. The smallest absolute Gasteiger partial charge is 0.254 e. The van der Waals surface area contributed by atoms with E-state index in [-0.39, 0.29) is 30.1 Å². The van der Waals surface area contributed by atoms with E-state index in [0.717, 1.165) is 5.56 Å². The van der Waals surface area contributed by atoms with Crippen LogP contribution in [0.5, 0.6) is 0 Å². The number of nitrogens with one attached hydrogen (secondary N) is 1. The first-order valence-electron chi connectivity index (χ1n) is 7.95. The van der Waals surface area contributed by atoms with E-state index in [1.807, 2.05) is 12.1 Å². The predicted octanol–water partition coefficient (Wildman–Crippen LogP) is 1.08. The number of pyridine rings is 1. The third kappa shape index (κ3) is 5.01. The van der Waals surface area contributed by atoms with Crippen molar-refractivity contribution in [3.05, 3.63) is 65.5 Å². The standard InChI is InChI=1S/C17H20N4O3S.ClH/c18-25(23,24)12-13-3-1-4-14(9-13)17(22)21-8-7-20-11-16(21)15-5-2-6-19-10-15;/h1-6,9-10,16,20H,7-8,11-12H2,(H2,18,23,24);1H. The van der Waals surface area contributed by atoms with Gasteiger partial charge in [0.2, 0.25) is 10.0 Å². The molecular formula is C17H21ClN4O3S. The molecule has 3 rings (SSSR count). The van der Waals surface area contributed by atoms with Gasteiger partial charge >= 0.3 is 0 Å². The van der Waals surface area contributed by atoms with Crippen molar-refractivity contribution in [3.63, 3.8) is 0 Å². The number of halogens is 1. The van der Waals surface area contributed by atoms with Crippen LogP contribution in [0.3, 0.4) is 0 Å². The van der Waals surface area contributed by atoms with Crippen LogP contribution in [-0.2, 0) is 15.8 Å². The summed E-state index contributed by atoms with van der Waals surface area (Å²) in [4.78, 5) is 18.9. The van der Waals surface area contributed by atoms with Crippen molar-refractivity contribution in [2.45, 2.75) is 11.8 Å². The number of nitrogens with zero attached hydrogens (tertiary/aromatic N) is 2. The molecule has 1 saturated heterocycles. The van der Waals surface area contributed by atoms with Crippen molar-refractivity contribution in [2.24, 2.45) is 5.14 Å². The van der Waals surface area contributed by atoms with Crippen molar-refractivity contribution >= 4 is 28.3 Å². The lowest BCUT2D eigenvalue weighted by Gasteiger charge is -2.36. The lowest BCUT2D eigenvalue weighted by molar-refractivity contribution is 0.0634. The molecule has 1 atom stereocenters. The van der Waals surface area contributed by atoms with Gasteiger partial charge in [-0.2, -0.15) is 0 Å². The van der Waals surface area contributed by atoms with Gasteiger partial charge in [-0.3, -0.25) is 9.78 Å². The van der Waals surface area contributed by atoms with Gasteiger partial charge in [-0.05, 0) is 29.3 Å². The first-order valence-corrected chi connectivity index (χ1v) is 9.66. The van der Waals surface area contributed by atoms with E-state index >= 15 is 0 Å². The monoisotopic (exact) mass is 396 g/mol. The zero-order chi connectivity index (χ0) is 17.9. The molecule has 2 heterocycles. The molecule has 0 aliphatic carbocycles. The maximum Gasteiger partial charge on any atom is 0.254 e. The Bertz CT molecular complexity index is 861. The van der Waals surface area contributed by atoms with Crippen LogP contribution in [-0.4, -0.2) is 43.8 Å². The van der Waals surface area contributed by atoms with Gasteiger partial charge in [-0.25, -0.2) is 13.6 Å². The summed E-state index contributed by atoms with van der Waals surface area (Å²) in [6, 6.07) is 10.3. The Labute approximate surface area is 159 Å². The highest BCUT2D eigenvalue weighted by Crippen LogP contribution is 2.24. The number of hydrogen-bond acceptors (Lipinski definition) is 5. The fraction of sp³-hybridized carbons (Fsp3) is 0.294. The van der Waals surface area contributed by atoms with Crippen LogP contribution in [0.15, 0.2) is 48.8 Å². The van der Waals surface area contributed by atoms with E-state index in [0.29, 0.717) is 30.8 Å². The molecule has 1 aliphatic heterocycles. The highest BCUT2D eigenvalue weighted by atomic mass is 35.5. The number of rotatable bonds is 4. The zero-order valence-corrected chi connectivity index (χ0v) is 15.7. The quantitative estimate of drug-likeness (QED) is 0.804. The number of primary sulfonamides is 1. The molecule has 26 heavy (non-hydrogen) atoms. The molecule has 0 bridgehead atoms. The average Bonchev–Trinajstić information content (AvgIpc) is 2.61. The summed E-state index contributed by atoms with van der Waals surface area (Å²) in [5.41, 5.74) is 1.92. The van der Waals surface area contributed by atoms with Crippen LogP contribution >= 0.6 is 12.4 Å². The van der Waals surface area contributed by atoms with Crippen LogP contribution in [0.4, 0.5) is 0 Å². The van der Waals surface area contributed by atoms with Crippen LogP contribution < -0.4 is 10.5 Å². The van der Waals surface area contributed by atoms with Crippen molar-refractivity contribution < 1.29 is 13.2 Å². The SMILES string of the molecule is Cl.NS(=O)(=O)Cc1cccc(C(=O)N2CCNCC2c2cccnc2)c1. The van der Waals surface area contributed by atoms with Crippen LogP contribution in [0.25, 0.3) is 0 Å². The maximum atomic E-state index is 13.0. The highest BCUT2D eigenvalue weighted by molar-refractivity contribution is 7.88. The van der Waals surface area contributed by atoms with Crippen molar-refractivity contribution in [2.75, 3.05) is 19.6 Å². The molecule has 140 valence electrons. The molecule has 1 unspecified atom stereocenters. The molecule has 1 aliphatic rings. The Morgan fingerprint density at radius 2 is 2.12 bits per heavy atom. The number of hydrogen-bond donors (Lipinski definition) is 2. The summed E-state index contributed by atoms with van der Waals surface area (Å²) < 4.78 is 22.6. The zero-order valence-electron chi connectivity index (χ0n) is 14.0. The van der Waals surface area contributed by atoms with Gasteiger partial charge in [0.25, 0.3) is 5.91 Å². The minimum Gasteiger partial charge on any atom is -0.329 e. The number of carbonyl (C=O) groups is 1. The summed E-state index contributed by atoms with van der Waals surface area (Å²) in [6.07, 6.45) is 3.46. The third-order valence-electron chi connectivity index (χ3n) is 4.12. The molecule has 7 nitrogen and oxygen atoms in total. The fourth-order valence-corrected chi connectivity index (χ4v) is 3.65. The van der Waals surface area contributed by atoms with E-state index in [2.05, 4.69) is 10.3 Å². The van der Waals surface area contributed by atoms with Gasteiger partial charge in [-0.15, -0.1) is 12.4 Å². The van der Waals surface area contributed by atoms with E-state index in [1.54, 1.807) is 41.6 Å². The van der Waals surface area contributed by atoms with Gasteiger partial charge in [0.05, 0.1) is 11.8 Å². The molecule has 0 spiro atoms. The van der Waals surface area contributed by atoms with E-state index < -0.39 is 10.0 Å². The van der Waals surface area contributed by atoms with Crippen LogP contribution in [0.2, 0.25) is 0 Å². The van der Waals surface area contributed by atoms with Gasteiger partial charge in [-0.1, -0.05) is 18.2 Å². The second-order valence-corrected chi connectivity index (χ2v) is 7.63. The molecule has 2 aromatic rings. The molecule has 1 amide bonds. The second-order valence-electron chi connectivity index (χ2n) is 6.01. The topological polar surface area (TPSA) is 105 Å². The summed E-state index contributed by atoms with van der Waals surface area (Å²) in [5.74, 6) is -0.423. The van der Waals surface area contributed by atoms with Gasteiger partial charge < -0.3 is 10.2 Å². The van der Waals surface area contributed by atoms with Crippen LogP contribution in [0.1, 0.15) is 27.5 Å². The van der Waals surface area contributed by atoms with Crippen molar-refractivity contribution in [1.29, 1.82) is 0 Å². The van der Waals surface area contributed by atoms with E-state index in [4.69, 9.17) is 5.14 Å². The first-order chi connectivity index (χ1) is 11.9.